The van der Waals surface area contributed by atoms with Crippen molar-refractivity contribution in [3.8, 4) is 0 Å². The molecule has 0 amide bonds. The molecule has 1 saturated heterocycles. The smallest absolute Gasteiger partial charge is 0.311 e. The fraction of sp³-hybridized carbons (Fsp3) is 0.923. The Kier molecular flexibility index (Phi) is 3.61. The molecule has 1 fully saturated rings. The van der Waals surface area contributed by atoms with Gasteiger partial charge in [0, 0.05) is 0 Å². The summed E-state index contributed by atoms with van der Waals surface area (Å²) in [5.41, 5.74) is -2.20. The van der Waals surface area contributed by atoms with Crippen LogP contribution >= 0.6 is 0 Å². The van der Waals surface area contributed by atoms with Crippen LogP contribution in [0.25, 0.3) is 0 Å². The minimum absolute atomic E-state index is 0.243. The Hall–Kier alpha value is -0.610. The maximum absolute atomic E-state index is 11.7. The van der Waals surface area contributed by atoms with Crippen molar-refractivity contribution in [2.24, 2.45) is 5.92 Å². The topological polar surface area (TPSA) is 55.8 Å². The van der Waals surface area contributed by atoms with E-state index in [1.165, 1.54) is 7.11 Å². The van der Waals surface area contributed by atoms with Gasteiger partial charge in [-0.2, -0.15) is 0 Å². The van der Waals surface area contributed by atoms with E-state index in [9.17, 15) is 9.90 Å². The molecule has 4 heteroatoms. The molecule has 1 aliphatic rings. The SMILES string of the molecule is COC(=O)[C@H]1CC[C@](C)(C(C)(C)O)OC1(C)C. The number of carbonyl (C=O) groups is 1. The van der Waals surface area contributed by atoms with E-state index in [0.29, 0.717) is 12.8 Å². The molecule has 0 aliphatic carbocycles. The summed E-state index contributed by atoms with van der Waals surface area (Å²) in [5.74, 6) is -0.518. The third-order valence-electron chi connectivity index (χ3n) is 4.02. The fourth-order valence-electron chi connectivity index (χ4n) is 2.44. The summed E-state index contributed by atoms with van der Waals surface area (Å²) >= 11 is 0. The van der Waals surface area contributed by atoms with E-state index in [1.54, 1.807) is 13.8 Å². The van der Waals surface area contributed by atoms with Gasteiger partial charge in [-0.25, -0.2) is 0 Å². The highest BCUT2D eigenvalue weighted by Crippen LogP contribution is 2.44. The van der Waals surface area contributed by atoms with E-state index in [-0.39, 0.29) is 11.9 Å². The van der Waals surface area contributed by atoms with Crippen molar-refractivity contribution in [3.63, 3.8) is 0 Å². The molecule has 17 heavy (non-hydrogen) atoms. The summed E-state index contributed by atoms with van der Waals surface area (Å²) in [6.45, 7) is 9.11. The van der Waals surface area contributed by atoms with Crippen LogP contribution in [0.15, 0.2) is 0 Å². The van der Waals surface area contributed by atoms with E-state index >= 15 is 0 Å². The van der Waals surface area contributed by atoms with Gasteiger partial charge in [-0.1, -0.05) is 0 Å². The summed E-state index contributed by atoms with van der Waals surface area (Å²) in [6.07, 6.45) is 1.31. The third kappa shape index (κ3) is 2.63. The molecule has 2 atom stereocenters. The fourth-order valence-corrected chi connectivity index (χ4v) is 2.44. The molecule has 0 spiro atoms. The lowest BCUT2D eigenvalue weighted by Crippen LogP contribution is -2.60. The summed E-state index contributed by atoms with van der Waals surface area (Å²) in [6, 6.07) is 0. The lowest BCUT2D eigenvalue weighted by molar-refractivity contribution is -0.255. The Morgan fingerprint density at radius 2 is 1.94 bits per heavy atom. The van der Waals surface area contributed by atoms with Crippen molar-refractivity contribution in [1.82, 2.24) is 0 Å². The Morgan fingerprint density at radius 3 is 2.29 bits per heavy atom. The first kappa shape index (κ1) is 14.5. The number of carbonyl (C=O) groups excluding carboxylic acids is 1. The maximum atomic E-state index is 11.7. The van der Waals surface area contributed by atoms with Crippen molar-refractivity contribution >= 4 is 5.97 Å². The van der Waals surface area contributed by atoms with Crippen LogP contribution in [0.5, 0.6) is 0 Å². The number of ether oxygens (including phenoxy) is 2. The maximum Gasteiger partial charge on any atom is 0.311 e. The Balaban J connectivity index is 2.93. The molecule has 0 aromatic rings. The zero-order chi connectivity index (χ0) is 13.5. The molecule has 0 unspecified atom stereocenters. The predicted molar refractivity (Wildman–Crippen MR) is 64.6 cm³/mol. The van der Waals surface area contributed by atoms with Crippen LogP contribution in [-0.4, -0.2) is 35.0 Å². The van der Waals surface area contributed by atoms with Crippen LogP contribution in [0.1, 0.15) is 47.5 Å². The number of hydrogen-bond donors (Lipinski definition) is 1. The van der Waals surface area contributed by atoms with Gasteiger partial charge in [0.1, 0.15) is 0 Å². The monoisotopic (exact) mass is 244 g/mol. The second-order valence-electron chi connectivity index (χ2n) is 6.11. The minimum atomic E-state index is -0.939. The molecule has 0 radical (unpaired) electrons. The highest BCUT2D eigenvalue weighted by molar-refractivity contribution is 5.73. The Labute approximate surface area is 103 Å². The van der Waals surface area contributed by atoms with Gasteiger partial charge in [0.15, 0.2) is 0 Å². The normalized spacial score (nSPS) is 33.2. The quantitative estimate of drug-likeness (QED) is 0.754. The highest BCUT2D eigenvalue weighted by Gasteiger charge is 2.52. The summed E-state index contributed by atoms with van der Waals surface area (Å²) < 4.78 is 10.8. The summed E-state index contributed by atoms with van der Waals surface area (Å²) in [7, 11) is 1.39. The van der Waals surface area contributed by atoms with Crippen LogP contribution in [0.4, 0.5) is 0 Å². The van der Waals surface area contributed by atoms with E-state index in [4.69, 9.17) is 9.47 Å². The average Bonchev–Trinajstić information content (AvgIpc) is 2.13. The van der Waals surface area contributed by atoms with Gasteiger partial charge in [0.2, 0.25) is 0 Å². The third-order valence-corrected chi connectivity index (χ3v) is 4.02. The second kappa shape index (κ2) is 4.25. The van der Waals surface area contributed by atoms with Gasteiger partial charge in [-0.3, -0.25) is 4.79 Å². The van der Waals surface area contributed by atoms with Crippen LogP contribution in [0.2, 0.25) is 0 Å². The van der Waals surface area contributed by atoms with E-state index in [0.717, 1.165) is 0 Å². The van der Waals surface area contributed by atoms with Gasteiger partial charge in [-0.15, -0.1) is 0 Å². The molecular weight excluding hydrogens is 220 g/mol. The predicted octanol–water partition coefficient (Wildman–Crippen LogP) is 1.89. The van der Waals surface area contributed by atoms with Crippen molar-refractivity contribution < 1.29 is 19.4 Å². The van der Waals surface area contributed by atoms with Gasteiger partial charge >= 0.3 is 5.97 Å². The van der Waals surface area contributed by atoms with Gasteiger partial charge < -0.3 is 14.6 Å². The number of hydrogen-bond acceptors (Lipinski definition) is 4. The first-order chi connectivity index (χ1) is 7.53. The minimum Gasteiger partial charge on any atom is -0.469 e. The number of aliphatic hydroxyl groups is 1. The van der Waals surface area contributed by atoms with Crippen LogP contribution < -0.4 is 0 Å². The molecule has 0 aromatic heterocycles. The van der Waals surface area contributed by atoms with Crippen LogP contribution in [0.3, 0.4) is 0 Å². The average molecular weight is 244 g/mol. The van der Waals surface area contributed by atoms with Crippen molar-refractivity contribution in [1.29, 1.82) is 0 Å². The first-order valence-electron chi connectivity index (χ1n) is 6.04. The lowest BCUT2D eigenvalue weighted by Gasteiger charge is -2.51. The number of rotatable bonds is 2. The van der Waals surface area contributed by atoms with E-state index in [2.05, 4.69) is 0 Å². The molecular formula is C13H24O4. The highest BCUT2D eigenvalue weighted by atomic mass is 16.6. The largest absolute Gasteiger partial charge is 0.469 e. The molecule has 1 heterocycles. The van der Waals surface area contributed by atoms with Crippen molar-refractivity contribution in [2.45, 2.75) is 64.3 Å². The van der Waals surface area contributed by atoms with Crippen LogP contribution in [0, 0.1) is 5.92 Å². The molecule has 1 aliphatic heterocycles. The zero-order valence-electron chi connectivity index (χ0n) is 11.7. The van der Waals surface area contributed by atoms with Gasteiger partial charge in [0.05, 0.1) is 29.8 Å². The lowest BCUT2D eigenvalue weighted by atomic mass is 9.73. The number of methoxy groups -OCH3 is 1. The van der Waals surface area contributed by atoms with Gasteiger partial charge in [0.25, 0.3) is 0 Å². The molecule has 0 saturated carbocycles. The van der Waals surface area contributed by atoms with E-state index in [1.807, 2.05) is 20.8 Å². The summed E-state index contributed by atoms with van der Waals surface area (Å²) in [4.78, 5) is 11.7. The molecule has 0 bridgehead atoms. The number of esters is 1. The van der Waals surface area contributed by atoms with Gasteiger partial charge in [-0.05, 0) is 47.5 Å². The molecule has 0 aromatic carbocycles. The first-order valence-corrected chi connectivity index (χ1v) is 6.04. The molecule has 4 nitrogen and oxygen atoms in total. The van der Waals surface area contributed by atoms with Crippen LogP contribution in [-0.2, 0) is 14.3 Å². The Morgan fingerprint density at radius 1 is 1.41 bits per heavy atom. The zero-order valence-corrected chi connectivity index (χ0v) is 11.7. The Bertz CT molecular complexity index is 303. The van der Waals surface area contributed by atoms with Crippen molar-refractivity contribution in [3.05, 3.63) is 0 Å². The molecule has 1 N–H and O–H groups in total. The molecule has 1 rings (SSSR count). The second-order valence-corrected chi connectivity index (χ2v) is 6.11. The van der Waals surface area contributed by atoms with E-state index < -0.39 is 16.8 Å². The van der Waals surface area contributed by atoms with Crippen molar-refractivity contribution in [2.75, 3.05) is 7.11 Å². The standard InChI is InChI=1S/C13H24O4/c1-11(2)9(10(14)16-6)7-8-13(5,17-11)12(3,4)15/h9,15H,7-8H2,1-6H3/t9-,13-/m1/s1. The summed E-state index contributed by atoms with van der Waals surface area (Å²) in [5, 5.41) is 10.2. The molecule has 100 valence electrons.